The summed E-state index contributed by atoms with van der Waals surface area (Å²) in [6.07, 6.45) is -0.144. The van der Waals surface area contributed by atoms with Gasteiger partial charge in [-0.05, 0) is 45.7 Å². The Hall–Kier alpha value is -3.33. The van der Waals surface area contributed by atoms with Gasteiger partial charge >= 0.3 is 5.97 Å². The molecule has 0 bridgehead atoms. The summed E-state index contributed by atoms with van der Waals surface area (Å²) in [5.74, 6) is 1.01. The molecule has 0 aliphatic heterocycles. The summed E-state index contributed by atoms with van der Waals surface area (Å²) in [4.78, 5) is 13.5. The highest BCUT2D eigenvalue weighted by Crippen LogP contribution is 2.40. The molecule has 0 aliphatic carbocycles. The first-order chi connectivity index (χ1) is 15.4. The molecule has 0 saturated heterocycles. The molecule has 0 unspecified atom stereocenters. The van der Waals surface area contributed by atoms with Crippen molar-refractivity contribution in [2.75, 3.05) is 7.11 Å². The van der Waals surface area contributed by atoms with Crippen LogP contribution < -0.4 is 4.74 Å². The number of carbonyl (C=O) groups is 1. The van der Waals surface area contributed by atoms with E-state index < -0.39 is 0 Å². The Morgan fingerprint density at radius 2 is 1.34 bits per heavy atom. The molecule has 0 radical (unpaired) electrons. The third-order valence-electron chi connectivity index (χ3n) is 6.08. The van der Waals surface area contributed by atoms with Crippen LogP contribution in [0.2, 0.25) is 0 Å². The van der Waals surface area contributed by atoms with Crippen molar-refractivity contribution in [2.24, 2.45) is 11.8 Å². The molecule has 3 nitrogen and oxygen atoms in total. The lowest BCUT2D eigenvalue weighted by Crippen LogP contribution is -2.29. The van der Waals surface area contributed by atoms with E-state index in [0.717, 1.165) is 38.4 Å². The fourth-order valence-electron chi connectivity index (χ4n) is 4.63. The highest BCUT2D eigenvalue weighted by molar-refractivity contribution is 6.13. The van der Waals surface area contributed by atoms with Crippen LogP contribution in [0.4, 0.5) is 0 Å². The Kier molecular flexibility index (Phi) is 6.18. The minimum atomic E-state index is -0.280. The number of esters is 1. The summed E-state index contributed by atoms with van der Waals surface area (Å²) in [7, 11) is 1.68. The van der Waals surface area contributed by atoms with Gasteiger partial charge < -0.3 is 9.47 Å². The molecule has 0 amide bonds. The van der Waals surface area contributed by atoms with Crippen molar-refractivity contribution >= 4 is 27.5 Å². The van der Waals surface area contributed by atoms with Gasteiger partial charge in [0.05, 0.1) is 12.7 Å². The zero-order valence-corrected chi connectivity index (χ0v) is 19.4. The van der Waals surface area contributed by atoms with Gasteiger partial charge in [-0.15, -0.1) is 0 Å². The molecule has 0 heterocycles. The highest BCUT2D eigenvalue weighted by Gasteiger charge is 2.26. The second-order valence-electron chi connectivity index (χ2n) is 8.93. The minimum absolute atomic E-state index is 0.144. The molecule has 164 valence electrons. The highest BCUT2D eigenvalue weighted by atomic mass is 16.5. The zero-order valence-electron chi connectivity index (χ0n) is 19.4. The topological polar surface area (TPSA) is 35.5 Å². The van der Waals surface area contributed by atoms with Gasteiger partial charge in [-0.2, -0.15) is 0 Å². The van der Waals surface area contributed by atoms with E-state index in [9.17, 15) is 4.79 Å². The third-order valence-corrected chi connectivity index (χ3v) is 6.08. The number of ether oxygens (including phenoxy) is 2. The number of hydrogen-bond donors (Lipinski definition) is 0. The molecule has 32 heavy (non-hydrogen) atoms. The van der Waals surface area contributed by atoms with Crippen LogP contribution in [0.25, 0.3) is 32.7 Å². The first-order valence-corrected chi connectivity index (χ1v) is 11.2. The van der Waals surface area contributed by atoms with E-state index >= 15 is 0 Å². The molecule has 4 aromatic rings. The number of benzene rings is 4. The molecule has 0 aromatic heterocycles. The van der Waals surface area contributed by atoms with Gasteiger partial charge in [-0.3, -0.25) is 0 Å². The molecular formula is C29H30O3. The lowest BCUT2D eigenvalue weighted by atomic mass is 9.89. The summed E-state index contributed by atoms with van der Waals surface area (Å²) >= 11 is 0. The van der Waals surface area contributed by atoms with Crippen LogP contribution in [0.3, 0.4) is 0 Å². The third kappa shape index (κ3) is 3.95. The molecule has 0 N–H and O–H groups in total. The van der Waals surface area contributed by atoms with Crippen molar-refractivity contribution in [1.29, 1.82) is 0 Å². The Labute approximate surface area is 190 Å². The maximum absolute atomic E-state index is 13.5. The van der Waals surface area contributed by atoms with Crippen LogP contribution in [-0.4, -0.2) is 19.2 Å². The zero-order chi connectivity index (χ0) is 22.8. The number of fused-ring (bicyclic) bond motifs is 2. The second kappa shape index (κ2) is 9.04. The van der Waals surface area contributed by atoms with Crippen molar-refractivity contribution in [3.63, 3.8) is 0 Å². The summed E-state index contributed by atoms with van der Waals surface area (Å²) in [5.41, 5.74) is 2.49. The van der Waals surface area contributed by atoms with Gasteiger partial charge in [0.15, 0.2) is 0 Å². The van der Waals surface area contributed by atoms with Gasteiger partial charge in [0.1, 0.15) is 11.9 Å². The smallest absolute Gasteiger partial charge is 0.339 e. The van der Waals surface area contributed by atoms with Crippen molar-refractivity contribution in [3.8, 4) is 16.9 Å². The van der Waals surface area contributed by atoms with Crippen LogP contribution in [0.5, 0.6) is 5.75 Å². The van der Waals surface area contributed by atoms with Crippen LogP contribution in [0.15, 0.2) is 72.8 Å². The predicted octanol–water partition coefficient (Wildman–Crippen LogP) is 7.51. The Balaban J connectivity index is 1.97. The predicted molar refractivity (Wildman–Crippen MR) is 132 cm³/mol. The maximum atomic E-state index is 13.5. The second-order valence-corrected chi connectivity index (χ2v) is 8.93. The summed E-state index contributed by atoms with van der Waals surface area (Å²) < 4.78 is 11.7. The maximum Gasteiger partial charge on any atom is 0.339 e. The van der Waals surface area contributed by atoms with Gasteiger partial charge in [-0.1, -0.05) is 88.4 Å². The largest absolute Gasteiger partial charge is 0.496 e. The number of hydrogen-bond acceptors (Lipinski definition) is 3. The quantitative estimate of drug-likeness (QED) is 0.299. The molecule has 4 aromatic carbocycles. The number of rotatable bonds is 6. The molecule has 0 aliphatic rings. The molecule has 4 rings (SSSR count). The summed E-state index contributed by atoms with van der Waals surface area (Å²) in [5, 5.41) is 4.18. The number of methoxy groups -OCH3 is 1. The minimum Gasteiger partial charge on any atom is -0.496 e. The van der Waals surface area contributed by atoms with E-state index in [4.69, 9.17) is 9.47 Å². The lowest BCUT2D eigenvalue weighted by Gasteiger charge is -2.26. The van der Waals surface area contributed by atoms with E-state index in [1.807, 2.05) is 54.6 Å². The molecule has 0 atom stereocenters. The summed E-state index contributed by atoms with van der Waals surface area (Å²) in [6.45, 7) is 8.37. The van der Waals surface area contributed by atoms with Gasteiger partial charge in [0.25, 0.3) is 0 Å². The fraction of sp³-hybridized carbons (Fsp3) is 0.276. The van der Waals surface area contributed by atoms with E-state index in [-0.39, 0.29) is 23.9 Å². The van der Waals surface area contributed by atoms with Gasteiger partial charge in [-0.25, -0.2) is 4.79 Å². The monoisotopic (exact) mass is 426 g/mol. The van der Waals surface area contributed by atoms with Crippen LogP contribution in [0.1, 0.15) is 38.1 Å². The van der Waals surface area contributed by atoms with Crippen LogP contribution >= 0.6 is 0 Å². The Morgan fingerprint density at radius 3 is 2.00 bits per heavy atom. The van der Waals surface area contributed by atoms with Crippen molar-refractivity contribution < 1.29 is 14.3 Å². The molecule has 0 spiro atoms. The van der Waals surface area contributed by atoms with Crippen molar-refractivity contribution in [1.82, 2.24) is 0 Å². The van der Waals surface area contributed by atoms with Crippen LogP contribution in [-0.2, 0) is 4.74 Å². The average Bonchev–Trinajstić information content (AvgIpc) is 2.80. The Morgan fingerprint density at radius 1 is 0.719 bits per heavy atom. The average molecular weight is 427 g/mol. The normalized spacial score (nSPS) is 11.6. The van der Waals surface area contributed by atoms with Crippen LogP contribution in [0, 0.1) is 11.8 Å². The lowest BCUT2D eigenvalue weighted by molar-refractivity contribution is 0.00334. The van der Waals surface area contributed by atoms with Gasteiger partial charge in [0, 0.05) is 10.9 Å². The standard InChI is InChI=1S/C29H30O3/c1-18(2)28(19(3)4)32-29(30)25-15-14-20-10-6-7-11-21(20)27(25)24-16-17-26(31-5)23-13-9-8-12-22(23)24/h6-19,28H,1-5H3. The first-order valence-electron chi connectivity index (χ1n) is 11.2. The van der Waals surface area contributed by atoms with Crippen molar-refractivity contribution in [3.05, 3.63) is 78.4 Å². The van der Waals surface area contributed by atoms with Gasteiger partial charge in [0.2, 0.25) is 0 Å². The molecular weight excluding hydrogens is 396 g/mol. The number of carbonyl (C=O) groups excluding carboxylic acids is 1. The van der Waals surface area contributed by atoms with Crippen molar-refractivity contribution in [2.45, 2.75) is 33.8 Å². The van der Waals surface area contributed by atoms with E-state index in [2.05, 4.69) is 45.9 Å². The first kappa shape index (κ1) is 21.9. The molecule has 3 heteroatoms. The molecule has 0 fully saturated rings. The van der Waals surface area contributed by atoms with E-state index in [1.54, 1.807) is 7.11 Å². The summed E-state index contributed by atoms with van der Waals surface area (Å²) in [6, 6.07) is 24.2. The SMILES string of the molecule is COc1ccc(-c2c(C(=O)OC(C(C)C)C(C)C)ccc3ccccc23)c2ccccc12. The molecule has 0 saturated carbocycles. The Bertz CT molecular complexity index is 1260. The van der Waals surface area contributed by atoms with E-state index in [1.165, 1.54) is 0 Å². The van der Waals surface area contributed by atoms with E-state index in [0.29, 0.717) is 5.56 Å². The fourth-order valence-corrected chi connectivity index (χ4v) is 4.63.